The average molecular weight is 275 g/mol. The van der Waals surface area contributed by atoms with E-state index >= 15 is 0 Å². The second-order valence-electron chi connectivity index (χ2n) is 4.62. The highest BCUT2D eigenvalue weighted by atomic mass is 32.1. The summed E-state index contributed by atoms with van der Waals surface area (Å²) in [7, 11) is 0. The van der Waals surface area contributed by atoms with E-state index in [1.165, 1.54) is 4.88 Å². The van der Waals surface area contributed by atoms with E-state index in [1.54, 1.807) is 0 Å². The van der Waals surface area contributed by atoms with Crippen molar-refractivity contribution in [3.05, 3.63) is 46.7 Å². The van der Waals surface area contributed by atoms with Crippen molar-refractivity contribution in [2.45, 2.75) is 32.8 Å². The topological polar surface area (TPSA) is 21.3 Å². The quantitative estimate of drug-likeness (QED) is 0.798. The van der Waals surface area contributed by atoms with E-state index in [9.17, 15) is 0 Å². The molecule has 0 radical (unpaired) electrons. The number of rotatable bonds is 7. The van der Waals surface area contributed by atoms with Crippen LogP contribution in [0, 0.1) is 0 Å². The van der Waals surface area contributed by atoms with Crippen molar-refractivity contribution in [1.29, 1.82) is 0 Å². The number of hydrogen-bond acceptors (Lipinski definition) is 3. The van der Waals surface area contributed by atoms with Gasteiger partial charge in [-0.05, 0) is 43.3 Å². The molecule has 1 atom stereocenters. The fourth-order valence-corrected chi connectivity index (χ4v) is 2.49. The van der Waals surface area contributed by atoms with Crippen LogP contribution in [0.25, 0.3) is 0 Å². The highest BCUT2D eigenvalue weighted by Crippen LogP contribution is 2.19. The number of nitrogens with one attached hydrogen (secondary N) is 1. The molecule has 0 spiro atoms. The zero-order valence-electron chi connectivity index (χ0n) is 11.6. The molecule has 0 aliphatic carbocycles. The summed E-state index contributed by atoms with van der Waals surface area (Å²) < 4.78 is 5.82. The highest BCUT2D eigenvalue weighted by molar-refractivity contribution is 7.09. The Labute approximate surface area is 119 Å². The molecule has 0 fully saturated rings. The molecule has 0 saturated heterocycles. The third-order valence-electron chi connectivity index (χ3n) is 3.03. The molecule has 3 heteroatoms. The van der Waals surface area contributed by atoms with Gasteiger partial charge in [0.25, 0.3) is 0 Å². The fraction of sp³-hybridized carbons (Fsp3) is 0.375. The molecule has 1 aromatic carbocycles. The molecule has 2 nitrogen and oxygen atoms in total. The zero-order chi connectivity index (χ0) is 13.5. The molecule has 0 amide bonds. The summed E-state index contributed by atoms with van der Waals surface area (Å²) >= 11 is 1.81. The molecule has 0 aliphatic rings. The third kappa shape index (κ3) is 4.60. The van der Waals surface area contributed by atoms with Crippen LogP contribution in [0.3, 0.4) is 0 Å². The van der Waals surface area contributed by atoms with E-state index in [0.717, 1.165) is 30.8 Å². The number of hydrogen-bond donors (Lipinski definition) is 1. The van der Waals surface area contributed by atoms with Crippen LogP contribution in [0.15, 0.2) is 41.8 Å². The summed E-state index contributed by atoms with van der Waals surface area (Å²) in [5.41, 5.74) is 1.12. The van der Waals surface area contributed by atoms with Gasteiger partial charge in [-0.15, -0.1) is 11.3 Å². The number of ether oxygens (including phenoxy) is 1. The first-order valence-electron chi connectivity index (χ1n) is 6.81. The van der Waals surface area contributed by atoms with Gasteiger partial charge in [0, 0.05) is 23.2 Å². The van der Waals surface area contributed by atoms with Gasteiger partial charge in [-0.2, -0.15) is 0 Å². The predicted molar refractivity (Wildman–Crippen MR) is 83.3 cm³/mol. The van der Waals surface area contributed by atoms with Crippen LogP contribution < -0.4 is 10.1 Å². The molecular weight excluding hydrogens is 254 g/mol. The lowest BCUT2D eigenvalue weighted by Crippen LogP contribution is -2.10. The highest BCUT2D eigenvalue weighted by Gasteiger charge is 2.02. The van der Waals surface area contributed by atoms with Crippen molar-refractivity contribution in [1.82, 2.24) is 0 Å². The largest absolute Gasteiger partial charge is 0.491 e. The maximum Gasteiger partial charge on any atom is 0.121 e. The lowest BCUT2D eigenvalue weighted by molar-refractivity contribution is 0.217. The van der Waals surface area contributed by atoms with E-state index < -0.39 is 0 Å². The summed E-state index contributed by atoms with van der Waals surface area (Å²) in [4.78, 5) is 1.42. The van der Waals surface area contributed by atoms with Gasteiger partial charge in [0.05, 0.1) is 6.10 Å². The van der Waals surface area contributed by atoms with Crippen LogP contribution in [-0.2, 0) is 6.42 Å². The standard InChI is InChI=1S/C16H21NOS/c1-3-13(2)18-15-7-4-6-14(12-15)17-10-9-16-8-5-11-19-16/h4-8,11-13,17H,3,9-10H2,1-2H3. The fourth-order valence-electron chi connectivity index (χ4n) is 1.78. The Balaban J connectivity index is 1.84. The molecule has 1 unspecified atom stereocenters. The molecule has 19 heavy (non-hydrogen) atoms. The van der Waals surface area contributed by atoms with Crippen molar-refractivity contribution in [3.63, 3.8) is 0 Å². The molecule has 1 heterocycles. The molecule has 2 rings (SSSR count). The van der Waals surface area contributed by atoms with Crippen LogP contribution in [0.4, 0.5) is 5.69 Å². The maximum absolute atomic E-state index is 5.82. The number of anilines is 1. The first kappa shape index (κ1) is 13.9. The second-order valence-corrected chi connectivity index (χ2v) is 5.65. The lowest BCUT2D eigenvalue weighted by atomic mass is 10.2. The van der Waals surface area contributed by atoms with Crippen molar-refractivity contribution >= 4 is 17.0 Å². The Morgan fingerprint density at radius 2 is 2.16 bits per heavy atom. The first-order valence-corrected chi connectivity index (χ1v) is 7.69. The summed E-state index contributed by atoms with van der Waals surface area (Å²) in [5, 5.41) is 5.56. The molecule has 2 aromatic rings. The van der Waals surface area contributed by atoms with Crippen LogP contribution in [0.2, 0.25) is 0 Å². The van der Waals surface area contributed by atoms with E-state index in [2.05, 4.69) is 48.8 Å². The van der Waals surface area contributed by atoms with Gasteiger partial charge in [0.2, 0.25) is 0 Å². The minimum Gasteiger partial charge on any atom is -0.491 e. The molecular formula is C16H21NOS. The van der Waals surface area contributed by atoms with Crippen LogP contribution in [0.5, 0.6) is 5.75 Å². The van der Waals surface area contributed by atoms with E-state index in [-0.39, 0.29) is 6.10 Å². The molecule has 1 N–H and O–H groups in total. The van der Waals surface area contributed by atoms with Gasteiger partial charge in [-0.1, -0.05) is 19.1 Å². The Morgan fingerprint density at radius 3 is 2.89 bits per heavy atom. The van der Waals surface area contributed by atoms with E-state index in [1.807, 2.05) is 23.5 Å². The summed E-state index contributed by atoms with van der Waals surface area (Å²) in [5.74, 6) is 0.940. The summed E-state index contributed by atoms with van der Waals surface area (Å²) in [6.07, 6.45) is 2.35. The van der Waals surface area contributed by atoms with E-state index in [4.69, 9.17) is 4.74 Å². The number of benzene rings is 1. The van der Waals surface area contributed by atoms with Gasteiger partial charge >= 0.3 is 0 Å². The molecule has 0 saturated carbocycles. The van der Waals surface area contributed by atoms with Gasteiger partial charge < -0.3 is 10.1 Å². The average Bonchev–Trinajstić information content (AvgIpc) is 2.92. The maximum atomic E-state index is 5.82. The molecule has 0 aliphatic heterocycles. The Morgan fingerprint density at radius 1 is 1.26 bits per heavy atom. The Kier molecular flexibility index (Phi) is 5.28. The minimum absolute atomic E-state index is 0.265. The van der Waals surface area contributed by atoms with Gasteiger partial charge in [0.15, 0.2) is 0 Å². The predicted octanol–water partition coefficient (Wildman–Crippen LogP) is 4.58. The van der Waals surface area contributed by atoms with Gasteiger partial charge in [-0.3, -0.25) is 0 Å². The van der Waals surface area contributed by atoms with Crippen LogP contribution in [0.1, 0.15) is 25.1 Å². The van der Waals surface area contributed by atoms with Gasteiger partial charge in [-0.25, -0.2) is 0 Å². The smallest absolute Gasteiger partial charge is 0.121 e. The molecule has 102 valence electrons. The zero-order valence-corrected chi connectivity index (χ0v) is 12.4. The number of thiophene rings is 1. The van der Waals surface area contributed by atoms with Crippen molar-refractivity contribution in [2.24, 2.45) is 0 Å². The molecule has 1 aromatic heterocycles. The van der Waals surface area contributed by atoms with Crippen LogP contribution in [-0.4, -0.2) is 12.6 Å². The monoisotopic (exact) mass is 275 g/mol. The molecule has 0 bridgehead atoms. The van der Waals surface area contributed by atoms with Crippen LogP contribution >= 0.6 is 11.3 Å². The SMILES string of the molecule is CCC(C)Oc1cccc(NCCc2cccs2)c1. The Hall–Kier alpha value is -1.48. The minimum atomic E-state index is 0.265. The lowest BCUT2D eigenvalue weighted by Gasteiger charge is -2.14. The van der Waals surface area contributed by atoms with Crippen molar-refractivity contribution in [2.75, 3.05) is 11.9 Å². The Bertz CT molecular complexity index is 481. The normalized spacial score (nSPS) is 12.1. The summed E-state index contributed by atoms with van der Waals surface area (Å²) in [6, 6.07) is 12.5. The van der Waals surface area contributed by atoms with E-state index in [0.29, 0.717) is 0 Å². The summed E-state index contributed by atoms with van der Waals surface area (Å²) in [6.45, 7) is 5.18. The second kappa shape index (κ2) is 7.19. The van der Waals surface area contributed by atoms with Crippen molar-refractivity contribution < 1.29 is 4.74 Å². The van der Waals surface area contributed by atoms with Crippen molar-refractivity contribution in [3.8, 4) is 5.75 Å². The van der Waals surface area contributed by atoms with Gasteiger partial charge in [0.1, 0.15) is 5.75 Å². The first-order chi connectivity index (χ1) is 9.28. The third-order valence-corrected chi connectivity index (χ3v) is 3.96.